The molecule has 3 rings (SSSR count). The zero-order chi connectivity index (χ0) is 18.4. The molecule has 25 heavy (non-hydrogen) atoms. The van der Waals surface area contributed by atoms with Gasteiger partial charge in [0.2, 0.25) is 0 Å². The second kappa shape index (κ2) is 5.83. The first-order chi connectivity index (χ1) is 11.8. The molecule has 0 bridgehead atoms. The van der Waals surface area contributed by atoms with Crippen LogP contribution in [-0.4, -0.2) is 26.6 Å². The van der Waals surface area contributed by atoms with E-state index in [4.69, 9.17) is 18.8 Å². The SMILES string of the molecule is [C-]#[N+]c1ncc(N2C(=O)C(C)(C)N(c3ccc(O)cc3)C2=S)cc1C. The number of thiocarbonyl (C=S) groups is 1. The Morgan fingerprint density at radius 1 is 1.24 bits per heavy atom. The average Bonchev–Trinajstić information content (AvgIpc) is 2.74. The minimum atomic E-state index is -0.888. The Morgan fingerprint density at radius 3 is 2.44 bits per heavy atom. The normalized spacial score (nSPS) is 16.2. The number of aromatic hydroxyl groups is 1. The van der Waals surface area contributed by atoms with Crippen molar-refractivity contribution in [1.82, 2.24) is 4.98 Å². The molecule has 0 unspecified atom stereocenters. The quantitative estimate of drug-likeness (QED) is 0.661. The number of nitrogens with zero attached hydrogens (tertiary/aromatic N) is 4. The van der Waals surface area contributed by atoms with Gasteiger partial charge in [-0.2, -0.15) is 0 Å². The fourth-order valence-electron chi connectivity index (χ4n) is 2.85. The summed E-state index contributed by atoms with van der Waals surface area (Å²) in [5, 5.41) is 9.83. The molecule has 1 N–H and O–H groups in total. The molecule has 1 amide bonds. The number of anilines is 2. The lowest BCUT2D eigenvalue weighted by Crippen LogP contribution is -2.44. The minimum absolute atomic E-state index is 0.143. The summed E-state index contributed by atoms with van der Waals surface area (Å²) in [5.41, 5.74) is 1.05. The molecule has 1 aromatic heterocycles. The molecule has 0 spiro atoms. The molecular weight excluding hydrogens is 336 g/mol. The molecular formula is C18H16N4O2S. The maximum Gasteiger partial charge on any atom is 0.272 e. The number of aromatic nitrogens is 1. The summed E-state index contributed by atoms with van der Waals surface area (Å²) >= 11 is 5.57. The van der Waals surface area contributed by atoms with Gasteiger partial charge in [0.05, 0.1) is 5.69 Å². The van der Waals surface area contributed by atoms with E-state index in [1.165, 1.54) is 11.1 Å². The third-order valence-electron chi connectivity index (χ3n) is 4.18. The van der Waals surface area contributed by atoms with Crippen molar-refractivity contribution < 1.29 is 9.90 Å². The highest BCUT2D eigenvalue weighted by Crippen LogP contribution is 2.37. The van der Waals surface area contributed by atoms with E-state index in [0.717, 1.165) is 0 Å². The number of phenolic OH excluding ortho intramolecular Hbond substituents is 1. The van der Waals surface area contributed by atoms with E-state index in [1.807, 2.05) is 0 Å². The lowest BCUT2D eigenvalue weighted by molar-refractivity contribution is -0.120. The standard InChI is InChI=1S/C18H16N4O2S/c1-11-9-13(10-20-15(11)19-4)21-16(24)18(2,3)22(17(21)25)12-5-7-14(23)8-6-12/h5-10,23H,1-3H3. The predicted octanol–water partition coefficient (Wildman–Crippen LogP) is 3.56. The zero-order valence-electron chi connectivity index (χ0n) is 14.0. The van der Waals surface area contributed by atoms with Crippen LogP contribution in [0.2, 0.25) is 0 Å². The molecule has 1 saturated heterocycles. The molecule has 2 heterocycles. The lowest BCUT2D eigenvalue weighted by Gasteiger charge is -2.29. The molecule has 0 saturated carbocycles. The highest BCUT2D eigenvalue weighted by atomic mass is 32.1. The Bertz CT molecular complexity index is 916. The van der Waals surface area contributed by atoms with Gasteiger partial charge in [-0.05, 0) is 68.9 Å². The second-order valence-electron chi connectivity index (χ2n) is 6.28. The highest BCUT2D eigenvalue weighted by molar-refractivity contribution is 7.81. The van der Waals surface area contributed by atoms with Crippen molar-refractivity contribution in [1.29, 1.82) is 0 Å². The number of carbonyl (C=O) groups is 1. The second-order valence-corrected chi connectivity index (χ2v) is 6.64. The van der Waals surface area contributed by atoms with Crippen LogP contribution < -0.4 is 9.80 Å². The van der Waals surface area contributed by atoms with Crippen molar-refractivity contribution in [2.24, 2.45) is 0 Å². The number of rotatable bonds is 2. The van der Waals surface area contributed by atoms with Crippen LogP contribution in [0.3, 0.4) is 0 Å². The number of amides is 1. The molecule has 7 heteroatoms. The smallest absolute Gasteiger partial charge is 0.272 e. The minimum Gasteiger partial charge on any atom is -0.508 e. The molecule has 0 aliphatic carbocycles. The fraction of sp³-hybridized carbons (Fsp3) is 0.222. The van der Waals surface area contributed by atoms with Crippen molar-refractivity contribution in [3.8, 4) is 5.75 Å². The average molecular weight is 352 g/mol. The van der Waals surface area contributed by atoms with E-state index >= 15 is 0 Å². The summed E-state index contributed by atoms with van der Waals surface area (Å²) in [5.74, 6) is 0.266. The molecule has 0 radical (unpaired) electrons. The number of hydrogen-bond donors (Lipinski definition) is 1. The number of benzene rings is 1. The maximum atomic E-state index is 13.0. The van der Waals surface area contributed by atoms with Crippen molar-refractivity contribution in [2.75, 3.05) is 9.80 Å². The van der Waals surface area contributed by atoms with Crippen molar-refractivity contribution in [3.05, 3.63) is 53.5 Å². The summed E-state index contributed by atoms with van der Waals surface area (Å²) in [6, 6.07) is 8.27. The third-order valence-corrected chi connectivity index (χ3v) is 4.54. The first-order valence-electron chi connectivity index (χ1n) is 7.59. The topological polar surface area (TPSA) is 61.0 Å². The monoisotopic (exact) mass is 352 g/mol. The first-order valence-corrected chi connectivity index (χ1v) is 8.00. The van der Waals surface area contributed by atoms with E-state index in [0.29, 0.717) is 27.9 Å². The van der Waals surface area contributed by atoms with E-state index in [2.05, 4.69) is 9.83 Å². The summed E-state index contributed by atoms with van der Waals surface area (Å²) < 4.78 is 0. The van der Waals surface area contributed by atoms with Crippen LogP contribution in [0.4, 0.5) is 17.2 Å². The van der Waals surface area contributed by atoms with Gasteiger partial charge in [0.15, 0.2) is 5.11 Å². The van der Waals surface area contributed by atoms with Gasteiger partial charge in [0.25, 0.3) is 11.7 Å². The van der Waals surface area contributed by atoms with E-state index in [9.17, 15) is 9.90 Å². The third kappa shape index (κ3) is 2.61. The molecule has 6 nitrogen and oxygen atoms in total. The predicted molar refractivity (Wildman–Crippen MR) is 100.0 cm³/mol. The van der Waals surface area contributed by atoms with Gasteiger partial charge in [-0.25, -0.2) is 0 Å². The number of phenols is 1. The molecule has 1 aliphatic heterocycles. The van der Waals surface area contributed by atoms with Gasteiger partial charge in [-0.15, -0.1) is 4.98 Å². The Labute approximate surface area is 151 Å². The Hall–Kier alpha value is -2.98. The number of aryl methyl sites for hydroxylation is 1. The first kappa shape index (κ1) is 16.9. The maximum absolute atomic E-state index is 13.0. The lowest BCUT2D eigenvalue weighted by atomic mass is 10.0. The Morgan fingerprint density at radius 2 is 1.88 bits per heavy atom. The van der Waals surface area contributed by atoms with E-state index < -0.39 is 5.54 Å². The summed E-state index contributed by atoms with van der Waals surface area (Å²) in [6.07, 6.45) is 1.49. The van der Waals surface area contributed by atoms with Crippen LogP contribution in [0.25, 0.3) is 4.85 Å². The van der Waals surface area contributed by atoms with Crippen molar-refractivity contribution >= 4 is 40.4 Å². The zero-order valence-corrected chi connectivity index (χ0v) is 14.8. The summed E-state index contributed by atoms with van der Waals surface area (Å²) in [6.45, 7) is 12.5. The van der Waals surface area contributed by atoms with Gasteiger partial charge in [-0.3, -0.25) is 9.69 Å². The Kier molecular flexibility index (Phi) is 3.93. The van der Waals surface area contributed by atoms with E-state index in [-0.39, 0.29) is 11.7 Å². The van der Waals surface area contributed by atoms with Crippen molar-refractivity contribution in [2.45, 2.75) is 26.3 Å². The molecule has 1 fully saturated rings. The van der Waals surface area contributed by atoms with Gasteiger partial charge in [0, 0.05) is 5.69 Å². The van der Waals surface area contributed by atoms with Crippen LogP contribution in [-0.2, 0) is 4.79 Å². The number of pyridine rings is 1. The summed E-state index contributed by atoms with van der Waals surface area (Å²) in [7, 11) is 0. The summed E-state index contributed by atoms with van der Waals surface area (Å²) in [4.78, 5) is 23.7. The van der Waals surface area contributed by atoms with Crippen LogP contribution in [0.1, 0.15) is 19.4 Å². The number of hydrogen-bond acceptors (Lipinski definition) is 4. The van der Waals surface area contributed by atoms with Gasteiger partial charge >= 0.3 is 0 Å². The van der Waals surface area contributed by atoms with Crippen LogP contribution in [0.5, 0.6) is 5.75 Å². The molecule has 1 aromatic carbocycles. The molecule has 1 aliphatic rings. The molecule has 126 valence electrons. The van der Waals surface area contributed by atoms with Gasteiger partial charge in [0.1, 0.15) is 17.5 Å². The van der Waals surface area contributed by atoms with Gasteiger partial charge in [-0.1, -0.05) is 6.57 Å². The molecule has 2 aromatic rings. The van der Waals surface area contributed by atoms with Crippen LogP contribution >= 0.6 is 12.2 Å². The molecule has 0 atom stereocenters. The fourth-order valence-corrected chi connectivity index (χ4v) is 3.37. The largest absolute Gasteiger partial charge is 0.508 e. The Balaban J connectivity index is 2.07. The van der Waals surface area contributed by atoms with Crippen LogP contribution in [0.15, 0.2) is 36.5 Å². The van der Waals surface area contributed by atoms with Gasteiger partial charge < -0.3 is 14.9 Å². The van der Waals surface area contributed by atoms with E-state index in [1.54, 1.807) is 56.0 Å². The van der Waals surface area contributed by atoms with Crippen LogP contribution in [0, 0.1) is 13.5 Å². The van der Waals surface area contributed by atoms with Crippen molar-refractivity contribution in [3.63, 3.8) is 0 Å². The highest BCUT2D eigenvalue weighted by Gasteiger charge is 2.50. The number of carbonyl (C=O) groups excluding carboxylic acids is 1.